The van der Waals surface area contributed by atoms with Gasteiger partial charge in [-0.15, -0.1) is 10.2 Å². The van der Waals surface area contributed by atoms with Crippen molar-refractivity contribution in [1.82, 2.24) is 15.2 Å². The van der Waals surface area contributed by atoms with Gasteiger partial charge in [0.25, 0.3) is 0 Å². The van der Waals surface area contributed by atoms with Gasteiger partial charge in [-0.1, -0.05) is 29.8 Å². The van der Waals surface area contributed by atoms with Gasteiger partial charge in [0.1, 0.15) is 5.82 Å². The molecule has 2 heterocycles. The number of benzene rings is 1. The van der Waals surface area contributed by atoms with E-state index in [0.717, 1.165) is 17.8 Å². The van der Waals surface area contributed by atoms with Gasteiger partial charge in [-0.25, -0.2) is 4.98 Å². The Morgan fingerprint density at radius 2 is 1.88 bits per heavy atom. The molecule has 25 heavy (non-hydrogen) atoms. The number of pyridine rings is 1. The SMILES string of the molecule is FC(F)(F)c1cnc(NCCc2nnc(-c3ccccc3)o2)c(Cl)c1. The van der Waals surface area contributed by atoms with E-state index in [0.29, 0.717) is 24.7 Å². The van der Waals surface area contributed by atoms with E-state index < -0.39 is 11.7 Å². The summed E-state index contributed by atoms with van der Waals surface area (Å²) in [6.07, 6.45) is -3.37. The minimum absolute atomic E-state index is 0.106. The third-order valence-corrected chi connectivity index (χ3v) is 3.58. The molecule has 0 amide bonds. The average molecular weight is 369 g/mol. The predicted octanol–water partition coefficient (Wildman–Crippen LogP) is 4.46. The van der Waals surface area contributed by atoms with E-state index in [4.69, 9.17) is 16.0 Å². The van der Waals surface area contributed by atoms with E-state index in [1.54, 1.807) is 0 Å². The monoisotopic (exact) mass is 368 g/mol. The van der Waals surface area contributed by atoms with Crippen molar-refractivity contribution in [1.29, 1.82) is 0 Å². The second-order valence-corrected chi connectivity index (χ2v) is 5.50. The number of nitrogens with zero attached hydrogens (tertiary/aromatic N) is 3. The van der Waals surface area contributed by atoms with Crippen LogP contribution in [0.15, 0.2) is 47.0 Å². The molecule has 1 aromatic carbocycles. The van der Waals surface area contributed by atoms with Crippen LogP contribution in [0.3, 0.4) is 0 Å². The maximum atomic E-state index is 12.6. The summed E-state index contributed by atoms with van der Waals surface area (Å²) in [6.45, 7) is 0.328. The molecule has 3 aromatic rings. The summed E-state index contributed by atoms with van der Waals surface area (Å²) in [6, 6.07) is 10.1. The van der Waals surface area contributed by atoms with Gasteiger partial charge in [0, 0.05) is 24.7 Å². The van der Waals surface area contributed by atoms with Crippen molar-refractivity contribution in [2.45, 2.75) is 12.6 Å². The maximum absolute atomic E-state index is 12.6. The summed E-state index contributed by atoms with van der Waals surface area (Å²) in [5.41, 5.74) is -0.0888. The first-order chi connectivity index (χ1) is 11.9. The van der Waals surface area contributed by atoms with Crippen LogP contribution in [-0.4, -0.2) is 21.7 Å². The molecule has 0 atom stereocenters. The highest BCUT2D eigenvalue weighted by Crippen LogP contribution is 2.32. The smallest absolute Gasteiger partial charge is 0.417 e. The van der Waals surface area contributed by atoms with Crippen LogP contribution in [0.2, 0.25) is 5.02 Å². The molecular weight excluding hydrogens is 357 g/mol. The highest BCUT2D eigenvalue weighted by atomic mass is 35.5. The molecule has 0 radical (unpaired) electrons. The first-order valence-corrected chi connectivity index (χ1v) is 7.65. The van der Waals surface area contributed by atoms with E-state index in [9.17, 15) is 13.2 Å². The summed E-state index contributed by atoms with van der Waals surface area (Å²) >= 11 is 5.82. The van der Waals surface area contributed by atoms with E-state index >= 15 is 0 Å². The topological polar surface area (TPSA) is 63.8 Å². The fourth-order valence-electron chi connectivity index (χ4n) is 2.06. The zero-order valence-electron chi connectivity index (χ0n) is 12.7. The molecule has 0 saturated carbocycles. The highest BCUT2D eigenvalue weighted by Gasteiger charge is 2.31. The highest BCUT2D eigenvalue weighted by molar-refractivity contribution is 6.32. The number of hydrogen-bond acceptors (Lipinski definition) is 5. The lowest BCUT2D eigenvalue weighted by molar-refractivity contribution is -0.137. The average Bonchev–Trinajstić information content (AvgIpc) is 3.05. The van der Waals surface area contributed by atoms with Crippen LogP contribution in [0.5, 0.6) is 0 Å². The van der Waals surface area contributed by atoms with Gasteiger partial charge in [-0.3, -0.25) is 0 Å². The molecule has 130 valence electrons. The molecule has 5 nitrogen and oxygen atoms in total. The minimum Gasteiger partial charge on any atom is -0.421 e. The molecule has 0 aliphatic heterocycles. The fraction of sp³-hybridized carbons (Fsp3) is 0.188. The van der Waals surface area contributed by atoms with Crippen LogP contribution in [0.1, 0.15) is 11.5 Å². The molecule has 0 aliphatic rings. The quantitative estimate of drug-likeness (QED) is 0.720. The van der Waals surface area contributed by atoms with Gasteiger partial charge in [-0.2, -0.15) is 13.2 Å². The molecule has 3 rings (SSSR count). The second-order valence-electron chi connectivity index (χ2n) is 5.10. The third-order valence-electron chi connectivity index (χ3n) is 3.29. The summed E-state index contributed by atoms with van der Waals surface area (Å²) in [7, 11) is 0. The van der Waals surface area contributed by atoms with Crippen molar-refractivity contribution in [3.63, 3.8) is 0 Å². The minimum atomic E-state index is -4.48. The molecule has 0 unspecified atom stereocenters. The number of halogens is 4. The van der Waals surface area contributed by atoms with Crippen molar-refractivity contribution in [2.24, 2.45) is 0 Å². The van der Waals surface area contributed by atoms with Gasteiger partial charge in [0.15, 0.2) is 0 Å². The molecule has 2 aromatic heterocycles. The van der Waals surface area contributed by atoms with E-state index in [1.165, 1.54) is 0 Å². The number of rotatable bonds is 5. The molecule has 0 spiro atoms. The van der Waals surface area contributed by atoms with Gasteiger partial charge in [-0.05, 0) is 18.2 Å². The fourth-order valence-corrected chi connectivity index (χ4v) is 2.30. The van der Waals surface area contributed by atoms with E-state index in [2.05, 4.69) is 20.5 Å². The largest absolute Gasteiger partial charge is 0.421 e. The van der Waals surface area contributed by atoms with Gasteiger partial charge in [0.2, 0.25) is 11.8 Å². The lowest BCUT2D eigenvalue weighted by Crippen LogP contribution is -2.10. The number of aromatic nitrogens is 3. The van der Waals surface area contributed by atoms with Crippen LogP contribution in [0.25, 0.3) is 11.5 Å². The normalized spacial score (nSPS) is 11.5. The zero-order valence-corrected chi connectivity index (χ0v) is 13.5. The van der Waals surface area contributed by atoms with Crippen LogP contribution in [0, 0.1) is 0 Å². The van der Waals surface area contributed by atoms with Crippen molar-refractivity contribution in [3.05, 3.63) is 59.1 Å². The summed E-state index contributed by atoms with van der Waals surface area (Å²) in [4.78, 5) is 3.70. The van der Waals surface area contributed by atoms with E-state index in [1.807, 2.05) is 30.3 Å². The van der Waals surface area contributed by atoms with Crippen molar-refractivity contribution < 1.29 is 17.6 Å². The van der Waals surface area contributed by atoms with Gasteiger partial charge >= 0.3 is 6.18 Å². The Morgan fingerprint density at radius 3 is 2.56 bits per heavy atom. The molecule has 0 aliphatic carbocycles. The van der Waals surface area contributed by atoms with Gasteiger partial charge in [0.05, 0.1) is 10.6 Å². The Bertz CT molecular complexity index is 852. The van der Waals surface area contributed by atoms with Crippen molar-refractivity contribution >= 4 is 17.4 Å². The Kier molecular flexibility index (Phi) is 4.89. The summed E-state index contributed by atoms with van der Waals surface area (Å²) in [5, 5.41) is 10.6. The molecule has 0 fully saturated rings. The second kappa shape index (κ2) is 7.10. The Labute approximate surface area is 145 Å². The van der Waals surface area contributed by atoms with E-state index in [-0.39, 0.29) is 10.8 Å². The predicted molar refractivity (Wildman–Crippen MR) is 86.2 cm³/mol. The molecule has 0 saturated heterocycles. The standard InChI is InChI=1S/C16H12ClF3N4O/c17-12-8-11(16(18,19)20)9-22-14(12)21-7-6-13-23-24-15(25-13)10-4-2-1-3-5-10/h1-5,8-9H,6-7H2,(H,21,22). The van der Waals surface area contributed by atoms with Crippen LogP contribution in [-0.2, 0) is 12.6 Å². The first-order valence-electron chi connectivity index (χ1n) is 7.28. The number of hydrogen-bond donors (Lipinski definition) is 1. The number of anilines is 1. The lowest BCUT2D eigenvalue weighted by Gasteiger charge is -2.10. The number of alkyl halides is 3. The summed E-state index contributed by atoms with van der Waals surface area (Å²) < 4.78 is 43.2. The lowest BCUT2D eigenvalue weighted by atomic mass is 10.2. The number of nitrogens with one attached hydrogen (secondary N) is 1. The first kappa shape index (κ1) is 17.2. The molecular formula is C16H12ClF3N4O. The molecule has 1 N–H and O–H groups in total. The van der Waals surface area contributed by atoms with Crippen LogP contribution < -0.4 is 5.32 Å². The summed E-state index contributed by atoms with van der Waals surface area (Å²) in [5.74, 6) is 0.966. The molecule has 9 heteroatoms. The molecule has 0 bridgehead atoms. The third kappa shape index (κ3) is 4.27. The zero-order chi connectivity index (χ0) is 17.9. The Hall–Kier alpha value is -2.61. The van der Waals surface area contributed by atoms with Crippen LogP contribution in [0.4, 0.5) is 19.0 Å². The Balaban J connectivity index is 1.59. The van der Waals surface area contributed by atoms with Crippen molar-refractivity contribution in [3.8, 4) is 11.5 Å². The van der Waals surface area contributed by atoms with Crippen molar-refractivity contribution in [2.75, 3.05) is 11.9 Å². The maximum Gasteiger partial charge on any atom is 0.417 e. The Morgan fingerprint density at radius 1 is 1.12 bits per heavy atom. The van der Waals surface area contributed by atoms with Crippen LogP contribution >= 0.6 is 11.6 Å². The van der Waals surface area contributed by atoms with Gasteiger partial charge < -0.3 is 9.73 Å².